The molecule has 0 bridgehead atoms. The largest absolute Gasteiger partial charge is 0.507 e. The van der Waals surface area contributed by atoms with Crippen LogP contribution >= 0.6 is 23.2 Å². The van der Waals surface area contributed by atoms with Crippen LogP contribution in [0.3, 0.4) is 0 Å². The first-order valence-corrected chi connectivity index (χ1v) is 9.25. The van der Waals surface area contributed by atoms with E-state index in [-0.39, 0.29) is 17.3 Å². The van der Waals surface area contributed by atoms with Crippen LogP contribution in [0.4, 0.5) is 0 Å². The molecule has 4 nitrogen and oxygen atoms in total. The maximum Gasteiger partial charge on any atom is 0.231 e. The lowest BCUT2D eigenvalue weighted by atomic mass is 10.0. The lowest BCUT2D eigenvalue weighted by Gasteiger charge is -2.17. The standard InChI is InChI=1S/C20H17Cl2NO3/c21-15-4-3-5-16(22)13(15)10-18-19(25)12-6-7-17(24)14(20(12)26-18)11-23-8-1-2-9-23/h3-7,10,24H,1-2,8-9,11H2/b18-10-. The Morgan fingerprint density at radius 2 is 1.81 bits per heavy atom. The van der Waals surface area contributed by atoms with Gasteiger partial charge in [0.05, 0.1) is 11.1 Å². The summed E-state index contributed by atoms with van der Waals surface area (Å²) >= 11 is 12.4. The van der Waals surface area contributed by atoms with E-state index in [2.05, 4.69) is 4.90 Å². The number of rotatable bonds is 3. The van der Waals surface area contributed by atoms with Crippen molar-refractivity contribution in [2.45, 2.75) is 19.4 Å². The average molecular weight is 390 g/mol. The van der Waals surface area contributed by atoms with E-state index in [0.717, 1.165) is 25.9 Å². The fourth-order valence-electron chi connectivity index (χ4n) is 3.39. The zero-order chi connectivity index (χ0) is 18.3. The summed E-state index contributed by atoms with van der Waals surface area (Å²) in [6, 6.07) is 8.30. The predicted molar refractivity (Wildman–Crippen MR) is 102 cm³/mol. The minimum atomic E-state index is -0.237. The van der Waals surface area contributed by atoms with Gasteiger partial charge in [0.2, 0.25) is 5.78 Å². The number of allylic oxidation sites excluding steroid dienone is 1. The number of ether oxygens (including phenoxy) is 1. The lowest BCUT2D eigenvalue weighted by Crippen LogP contribution is -2.18. The molecule has 0 saturated carbocycles. The SMILES string of the molecule is O=C1/C(=C/c2c(Cl)cccc2Cl)Oc2c1ccc(O)c2CN1CCCC1. The fraction of sp³-hybridized carbons (Fsp3) is 0.250. The number of phenolic OH excluding ortho intramolecular Hbond substituents is 1. The summed E-state index contributed by atoms with van der Waals surface area (Å²) in [7, 11) is 0. The number of carbonyl (C=O) groups excluding carboxylic acids is 1. The number of ketones is 1. The first-order chi connectivity index (χ1) is 12.5. The molecule has 26 heavy (non-hydrogen) atoms. The number of benzene rings is 2. The highest BCUT2D eigenvalue weighted by molar-refractivity contribution is 6.37. The van der Waals surface area contributed by atoms with Gasteiger partial charge in [-0.15, -0.1) is 0 Å². The lowest BCUT2D eigenvalue weighted by molar-refractivity contribution is 0.101. The number of hydrogen-bond acceptors (Lipinski definition) is 4. The highest BCUT2D eigenvalue weighted by Crippen LogP contribution is 2.41. The quantitative estimate of drug-likeness (QED) is 0.757. The van der Waals surface area contributed by atoms with Crippen LogP contribution in [0.15, 0.2) is 36.1 Å². The van der Waals surface area contributed by atoms with Gasteiger partial charge < -0.3 is 9.84 Å². The van der Waals surface area contributed by atoms with Crippen LogP contribution in [0.5, 0.6) is 11.5 Å². The van der Waals surface area contributed by atoms with Gasteiger partial charge in [0.25, 0.3) is 0 Å². The molecule has 2 heterocycles. The molecule has 6 heteroatoms. The Bertz CT molecular complexity index is 897. The van der Waals surface area contributed by atoms with Crippen molar-refractivity contribution in [1.82, 2.24) is 4.90 Å². The molecule has 134 valence electrons. The maximum absolute atomic E-state index is 12.7. The molecule has 0 atom stereocenters. The van der Waals surface area contributed by atoms with Crippen molar-refractivity contribution >= 4 is 35.1 Å². The third kappa shape index (κ3) is 3.09. The van der Waals surface area contributed by atoms with Crippen LogP contribution in [-0.2, 0) is 6.54 Å². The van der Waals surface area contributed by atoms with Crippen LogP contribution in [0.1, 0.15) is 34.3 Å². The van der Waals surface area contributed by atoms with Gasteiger partial charge in [-0.2, -0.15) is 0 Å². The summed E-state index contributed by atoms with van der Waals surface area (Å²) in [6.07, 6.45) is 3.85. The van der Waals surface area contributed by atoms with Crippen molar-refractivity contribution in [3.63, 3.8) is 0 Å². The molecule has 2 aliphatic heterocycles. The molecule has 2 aliphatic rings. The van der Waals surface area contributed by atoms with Crippen LogP contribution in [0.25, 0.3) is 6.08 Å². The second-order valence-corrected chi connectivity index (χ2v) is 7.31. The second-order valence-electron chi connectivity index (χ2n) is 6.50. The molecule has 0 unspecified atom stereocenters. The van der Waals surface area contributed by atoms with Crippen LogP contribution in [0, 0.1) is 0 Å². The highest BCUT2D eigenvalue weighted by Gasteiger charge is 2.32. The molecule has 4 rings (SSSR count). The van der Waals surface area contributed by atoms with E-state index in [1.165, 1.54) is 0 Å². The van der Waals surface area contributed by atoms with Crippen molar-refractivity contribution in [3.05, 3.63) is 62.8 Å². The van der Waals surface area contributed by atoms with E-state index in [1.807, 2.05) is 0 Å². The zero-order valence-electron chi connectivity index (χ0n) is 14.0. The Labute approximate surface area is 161 Å². The molecule has 1 saturated heterocycles. The number of likely N-dealkylation sites (tertiary alicyclic amines) is 1. The summed E-state index contributed by atoms with van der Waals surface area (Å²) < 4.78 is 5.86. The molecule has 0 aliphatic carbocycles. The molecule has 0 spiro atoms. The smallest absolute Gasteiger partial charge is 0.231 e. The van der Waals surface area contributed by atoms with Crippen LogP contribution < -0.4 is 4.74 Å². The Kier molecular flexibility index (Phi) is 4.65. The number of nitrogens with zero attached hydrogens (tertiary/aromatic N) is 1. The van der Waals surface area contributed by atoms with Crippen molar-refractivity contribution in [1.29, 1.82) is 0 Å². The number of aromatic hydroxyl groups is 1. The van der Waals surface area contributed by atoms with E-state index in [9.17, 15) is 9.90 Å². The Balaban J connectivity index is 1.72. The fourth-order valence-corrected chi connectivity index (χ4v) is 3.90. The molecule has 2 aromatic rings. The van der Waals surface area contributed by atoms with E-state index in [1.54, 1.807) is 36.4 Å². The van der Waals surface area contributed by atoms with E-state index in [0.29, 0.717) is 39.0 Å². The Morgan fingerprint density at radius 1 is 1.12 bits per heavy atom. The van der Waals surface area contributed by atoms with Gasteiger partial charge in [0, 0.05) is 22.2 Å². The van der Waals surface area contributed by atoms with Gasteiger partial charge in [-0.05, 0) is 56.3 Å². The van der Waals surface area contributed by atoms with Gasteiger partial charge in [0.1, 0.15) is 11.5 Å². The molecule has 2 aromatic carbocycles. The first-order valence-electron chi connectivity index (χ1n) is 8.50. The van der Waals surface area contributed by atoms with Gasteiger partial charge in [-0.1, -0.05) is 29.3 Å². The predicted octanol–water partition coefficient (Wildman–Crippen LogP) is 4.91. The summed E-state index contributed by atoms with van der Waals surface area (Å²) in [5.74, 6) is 0.485. The maximum atomic E-state index is 12.7. The van der Waals surface area contributed by atoms with Gasteiger partial charge in [-0.25, -0.2) is 0 Å². The number of phenols is 1. The van der Waals surface area contributed by atoms with Crippen molar-refractivity contribution in [3.8, 4) is 11.5 Å². The van der Waals surface area contributed by atoms with E-state index >= 15 is 0 Å². The van der Waals surface area contributed by atoms with E-state index < -0.39 is 0 Å². The minimum absolute atomic E-state index is 0.139. The summed E-state index contributed by atoms with van der Waals surface area (Å²) in [6.45, 7) is 2.52. The highest BCUT2D eigenvalue weighted by atomic mass is 35.5. The number of fused-ring (bicyclic) bond motifs is 1. The normalized spacial score (nSPS) is 18.4. The summed E-state index contributed by atoms with van der Waals surface area (Å²) in [5.41, 5.74) is 1.63. The number of Topliss-reactive ketones (excluding diaryl/α,β-unsaturated/α-hetero) is 1. The molecule has 0 aromatic heterocycles. The van der Waals surface area contributed by atoms with Gasteiger partial charge in [0.15, 0.2) is 5.76 Å². The van der Waals surface area contributed by atoms with Gasteiger partial charge in [-0.3, -0.25) is 9.69 Å². The molecule has 0 amide bonds. The molecule has 1 N–H and O–H groups in total. The molecule has 1 fully saturated rings. The Morgan fingerprint density at radius 3 is 2.50 bits per heavy atom. The van der Waals surface area contributed by atoms with Crippen molar-refractivity contribution in [2.75, 3.05) is 13.1 Å². The zero-order valence-corrected chi connectivity index (χ0v) is 15.5. The topological polar surface area (TPSA) is 49.8 Å². The van der Waals surface area contributed by atoms with Crippen LogP contribution in [0.2, 0.25) is 10.0 Å². The van der Waals surface area contributed by atoms with E-state index in [4.69, 9.17) is 27.9 Å². The molecular weight excluding hydrogens is 373 g/mol. The van der Waals surface area contributed by atoms with Crippen molar-refractivity contribution in [2.24, 2.45) is 0 Å². The number of halogens is 2. The number of hydrogen-bond donors (Lipinski definition) is 1. The Hall–Kier alpha value is -2.01. The first kappa shape index (κ1) is 17.4. The average Bonchev–Trinajstić information content (AvgIpc) is 3.23. The second kappa shape index (κ2) is 6.95. The third-order valence-electron chi connectivity index (χ3n) is 4.77. The summed E-state index contributed by atoms with van der Waals surface area (Å²) in [5, 5.41) is 11.2. The molecular formula is C20H17Cl2NO3. The molecule has 0 radical (unpaired) electrons. The monoisotopic (exact) mass is 389 g/mol. The summed E-state index contributed by atoms with van der Waals surface area (Å²) in [4.78, 5) is 15.0. The number of carbonyl (C=O) groups is 1. The minimum Gasteiger partial charge on any atom is -0.507 e. The van der Waals surface area contributed by atoms with Crippen molar-refractivity contribution < 1.29 is 14.6 Å². The van der Waals surface area contributed by atoms with Gasteiger partial charge >= 0.3 is 0 Å². The van der Waals surface area contributed by atoms with Crippen LogP contribution in [-0.4, -0.2) is 28.9 Å². The third-order valence-corrected chi connectivity index (χ3v) is 5.43.